The van der Waals surface area contributed by atoms with Gasteiger partial charge in [0.15, 0.2) is 0 Å². The summed E-state index contributed by atoms with van der Waals surface area (Å²) >= 11 is 3.32. The first-order valence-electron chi connectivity index (χ1n) is 7.28. The smallest absolute Gasteiger partial charge is 0.208 e. The third kappa shape index (κ3) is 4.30. The molecule has 1 aromatic rings. The quantitative estimate of drug-likeness (QED) is 0.856. The van der Waals surface area contributed by atoms with E-state index in [0.717, 1.165) is 19.3 Å². The third-order valence-electron chi connectivity index (χ3n) is 4.00. The maximum absolute atomic E-state index is 12.6. The summed E-state index contributed by atoms with van der Waals surface area (Å²) in [5, 5.41) is 0. The second-order valence-corrected chi connectivity index (χ2v) is 10.2. The summed E-state index contributed by atoms with van der Waals surface area (Å²) in [6, 6.07) is 6.93. The summed E-state index contributed by atoms with van der Waals surface area (Å²) in [6.45, 7) is 8.86. The molecule has 5 heteroatoms. The lowest BCUT2D eigenvalue weighted by molar-refractivity contribution is 0.0934. The molecule has 0 aromatic heterocycles. The molecule has 0 spiro atoms. The van der Waals surface area contributed by atoms with E-state index in [-0.39, 0.29) is 16.9 Å². The van der Waals surface area contributed by atoms with Gasteiger partial charge in [0.2, 0.25) is 10.0 Å². The number of nitrogens with one attached hydrogen (secondary N) is 1. The van der Waals surface area contributed by atoms with E-state index >= 15 is 0 Å². The molecular weight excluding hydrogens is 350 g/mol. The van der Waals surface area contributed by atoms with Crippen molar-refractivity contribution in [3.8, 4) is 0 Å². The monoisotopic (exact) mass is 373 g/mol. The zero-order chi connectivity index (χ0) is 15.9. The molecule has 1 aliphatic rings. The normalized spacial score (nSPS) is 22.1. The first-order chi connectivity index (χ1) is 9.51. The van der Waals surface area contributed by atoms with Gasteiger partial charge in [-0.25, -0.2) is 13.1 Å². The molecule has 0 aliphatic heterocycles. The lowest BCUT2D eigenvalue weighted by Gasteiger charge is -2.45. The minimum Gasteiger partial charge on any atom is -0.208 e. The van der Waals surface area contributed by atoms with Gasteiger partial charge in [-0.2, -0.15) is 0 Å². The fraction of sp³-hybridized carbons (Fsp3) is 0.625. The average molecular weight is 374 g/mol. The van der Waals surface area contributed by atoms with Crippen molar-refractivity contribution < 1.29 is 8.42 Å². The third-order valence-corrected chi connectivity index (χ3v) is 6.54. The van der Waals surface area contributed by atoms with Crippen molar-refractivity contribution in [1.82, 2.24) is 4.72 Å². The number of benzene rings is 1. The van der Waals surface area contributed by atoms with Gasteiger partial charge in [0.05, 0.1) is 4.90 Å². The highest BCUT2D eigenvalue weighted by Crippen LogP contribution is 2.46. The molecule has 0 amide bonds. The van der Waals surface area contributed by atoms with E-state index in [1.807, 2.05) is 6.07 Å². The molecule has 1 saturated carbocycles. The fourth-order valence-electron chi connectivity index (χ4n) is 3.87. The molecule has 0 saturated heterocycles. The second kappa shape index (κ2) is 5.67. The summed E-state index contributed by atoms with van der Waals surface area (Å²) in [5.41, 5.74) is 0.311. The topological polar surface area (TPSA) is 46.2 Å². The van der Waals surface area contributed by atoms with Gasteiger partial charge < -0.3 is 0 Å². The van der Waals surface area contributed by atoms with Gasteiger partial charge in [0.25, 0.3) is 0 Å². The molecule has 1 fully saturated rings. The van der Waals surface area contributed by atoms with Crippen LogP contribution in [0.5, 0.6) is 0 Å². The molecule has 118 valence electrons. The van der Waals surface area contributed by atoms with Crippen LogP contribution in [0, 0.1) is 10.8 Å². The Labute approximate surface area is 136 Å². The molecule has 3 nitrogen and oxygen atoms in total. The summed E-state index contributed by atoms with van der Waals surface area (Å²) in [5.74, 6) is 0. The van der Waals surface area contributed by atoms with Crippen LogP contribution in [-0.4, -0.2) is 14.5 Å². The van der Waals surface area contributed by atoms with Crippen molar-refractivity contribution in [3.63, 3.8) is 0 Å². The summed E-state index contributed by atoms with van der Waals surface area (Å²) in [6.07, 6.45) is 2.87. The number of rotatable bonds is 3. The van der Waals surface area contributed by atoms with Gasteiger partial charge >= 0.3 is 0 Å². The molecule has 1 aromatic carbocycles. The van der Waals surface area contributed by atoms with Crippen molar-refractivity contribution in [1.29, 1.82) is 0 Å². The molecular formula is C16H24BrNO2S. The van der Waals surface area contributed by atoms with Gasteiger partial charge in [0, 0.05) is 10.5 Å². The molecule has 0 unspecified atom stereocenters. The second-order valence-electron chi connectivity index (χ2n) is 7.66. The van der Waals surface area contributed by atoms with Gasteiger partial charge in [-0.1, -0.05) is 39.8 Å². The summed E-state index contributed by atoms with van der Waals surface area (Å²) in [4.78, 5) is 0.311. The Kier molecular flexibility index (Phi) is 4.58. The predicted molar refractivity (Wildman–Crippen MR) is 89.7 cm³/mol. The van der Waals surface area contributed by atoms with E-state index < -0.39 is 10.0 Å². The van der Waals surface area contributed by atoms with Crippen LogP contribution < -0.4 is 4.72 Å². The van der Waals surface area contributed by atoms with Crippen LogP contribution in [0.1, 0.15) is 47.0 Å². The van der Waals surface area contributed by atoms with Crippen LogP contribution in [0.2, 0.25) is 0 Å². The largest absolute Gasteiger partial charge is 0.241 e. The van der Waals surface area contributed by atoms with Crippen molar-refractivity contribution in [2.75, 3.05) is 0 Å². The highest BCUT2D eigenvalue weighted by molar-refractivity contribution is 9.10. The number of hydrogen-bond donors (Lipinski definition) is 1. The molecule has 2 rings (SSSR count). The fourth-order valence-corrected chi connectivity index (χ4v) is 6.11. The Hall–Kier alpha value is -0.390. The van der Waals surface area contributed by atoms with Crippen molar-refractivity contribution in [2.24, 2.45) is 10.8 Å². The van der Waals surface area contributed by atoms with Crippen LogP contribution in [0.4, 0.5) is 0 Å². The highest BCUT2D eigenvalue weighted by atomic mass is 79.9. The Morgan fingerprint density at radius 1 is 1.10 bits per heavy atom. The Bertz CT molecular complexity index is 607. The first kappa shape index (κ1) is 17.0. The number of hydrogen-bond acceptors (Lipinski definition) is 2. The molecule has 0 radical (unpaired) electrons. The van der Waals surface area contributed by atoms with Crippen LogP contribution in [0.15, 0.2) is 33.6 Å². The SMILES string of the molecule is CC1(C)CC(NS(=O)(=O)c2ccccc2Br)CC(C)(C)C1. The lowest BCUT2D eigenvalue weighted by Crippen LogP contribution is -2.45. The Morgan fingerprint density at radius 2 is 1.62 bits per heavy atom. The van der Waals surface area contributed by atoms with E-state index in [0.29, 0.717) is 9.37 Å². The maximum atomic E-state index is 12.6. The van der Waals surface area contributed by atoms with Gasteiger partial charge in [-0.05, 0) is 58.2 Å². The molecule has 0 bridgehead atoms. The zero-order valence-corrected chi connectivity index (χ0v) is 15.5. The average Bonchev–Trinajstić information content (AvgIpc) is 2.23. The van der Waals surface area contributed by atoms with Gasteiger partial charge in [0.1, 0.15) is 0 Å². The van der Waals surface area contributed by atoms with Crippen LogP contribution in [0.25, 0.3) is 0 Å². The van der Waals surface area contributed by atoms with E-state index in [4.69, 9.17) is 0 Å². The van der Waals surface area contributed by atoms with Crippen molar-refractivity contribution in [2.45, 2.75) is 57.9 Å². The molecule has 21 heavy (non-hydrogen) atoms. The van der Waals surface area contributed by atoms with Crippen LogP contribution >= 0.6 is 15.9 Å². The minimum absolute atomic E-state index is 0.0131. The molecule has 0 atom stereocenters. The predicted octanol–water partition coefficient (Wildman–Crippen LogP) is 4.33. The summed E-state index contributed by atoms with van der Waals surface area (Å²) < 4.78 is 28.7. The van der Waals surface area contributed by atoms with Crippen LogP contribution in [0.3, 0.4) is 0 Å². The minimum atomic E-state index is -3.49. The molecule has 1 aliphatic carbocycles. The summed E-state index contributed by atoms with van der Waals surface area (Å²) in [7, 11) is -3.49. The number of halogens is 1. The van der Waals surface area contributed by atoms with E-state index in [1.165, 1.54) is 0 Å². The molecule has 0 heterocycles. The standard InChI is InChI=1S/C16H24BrNO2S/c1-15(2)9-12(10-16(3,4)11-15)18-21(19,20)14-8-6-5-7-13(14)17/h5-8,12,18H,9-11H2,1-4H3. The van der Waals surface area contributed by atoms with Gasteiger partial charge in [-0.15, -0.1) is 0 Å². The maximum Gasteiger partial charge on any atom is 0.241 e. The molecule has 1 N–H and O–H groups in total. The first-order valence-corrected chi connectivity index (χ1v) is 9.55. The highest BCUT2D eigenvalue weighted by Gasteiger charge is 2.40. The van der Waals surface area contributed by atoms with Crippen molar-refractivity contribution in [3.05, 3.63) is 28.7 Å². The Morgan fingerprint density at radius 3 is 2.14 bits per heavy atom. The van der Waals surface area contributed by atoms with E-state index in [9.17, 15) is 8.42 Å². The van der Waals surface area contributed by atoms with E-state index in [1.54, 1.807) is 18.2 Å². The van der Waals surface area contributed by atoms with Crippen molar-refractivity contribution >= 4 is 26.0 Å². The van der Waals surface area contributed by atoms with Gasteiger partial charge in [-0.3, -0.25) is 0 Å². The number of sulfonamides is 1. The zero-order valence-electron chi connectivity index (χ0n) is 13.1. The lowest BCUT2D eigenvalue weighted by atomic mass is 9.64. The van der Waals surface area contributed by atoms with E-state index in [2.05, 4.69) is 48.3 Å². The van der Waals surface area contributed by atoms with Crippen LogP contribution in [-0.2, 0) is 10.0 Å². The Balaban J connectivity index is 2.23.